The third-order valence-corrected chi connectivity index (χ3v) is 4.58. The summed E-state index contributed by atoms with van der Waals surface area (Å²) >= 11 is 1.48. The van der Waals surface area contributed by atoms with Crippen LogP contribution in [0.2, 0.25) is 0 Å². The minimum Gasteiger partial charge on any atom is -0.493 e. The van der Waals surface area contributed by atoms with Gasteiger partial charge in [0.1, 0.15) is 4.88 Å². The predicted octanol–water partition coefficient (Wildman–Crippen LogP) is 2.31. The van der Waals surface area contributed by atoms with Gasteiger partial charge in [0.25, 0.3) is 5.91 Å². The van der Waals surface area contributed by atoms with Gasteiger partial charge in [-0.05, 0) is 18.2 Å². The van der Waals surface area contributed by atoms with Crippen LogP contribution in [0.25, 0.3) is 21.0 Å². The first-order valence-corrected chi connectivity index (χ1v) is 7.13. The Labute approximate surface area is 118 Å². The lowest BCUT2D eigenvalue weighted by molar-refractivity contribution is 0.0962. The molecule has 0 bridgehead atoms. The van der Waals surface area contributed by atoms with E-state index in [-0.39, 0.29) is 11.8 Å². The zero-order valence-corrected chi connectivity index (χ0v) is 11.3. The summed E-state index contributed by atoms with van der Waals surface area (Å²) in [7, 11) is 0. The smallest absolute Gasteiger partial charge is 0.263 e. The molecule has 0 radical (unpaired) electrons. The molecular formula is C14H11N3O2S. The summed E-state index contributed by atoms with van der Waals surface area (Å²) in [6.45, 7) is 1.32. The molecule has 1 aromatic carbocycles. The standard InChI is InChI=1S/C14H11N3O2S/c18-10-4-1-7-8(17-10)2-3-9-11(7)12-13(20-9)14(19)16-6-5-15-12/h1-4,15H,5-6H2,(H,16,19)(H,17,18). The normalized spacial score (nSPS) is 14.7. The molecule has 0 aliphatic carbocycles. The number of fused-ring (bicyclic) bond motifs is 5. The van der Waals surface area contributed by atoms with Crippen molar-refractivity contribution in [3.63, 3.8) is 0 Å². The van der Waals surface area contributed by atoms with Crippen LogP contribution < -0.4 is 10.6 Å². The maximum atomic E-state index is 12.1. The predicted molar refractivity (Wildman–Crippen MR) is 79.6 cm³/mol. The molecule has 3 heterocycles. The Morgan fingerprint density at radius 1 is 1.15 bits per heavy atom. The summed E-state index contributed by atoms with van der Waals surface area (Å²) in [6, 6.07) is 7.23. The Bertz CT molecular complexity index is 856. The van der Waals surface area contributed by atoms with Gasteiger partial charge in [0.05, 0.1) is 11.2 Å². The van der Waals surface area contributed by atoms with Gasteiger partial charge in [0.15, 0.2) is 0 Å². The lowest BCUT2D eigenvalue weighted by atomic mass is 10.1. The van der Waals surface area contributed by atoms with E-state index in [9.17, 15) is 9.90 Å². The minimum absolute atomic E-state index is 0.00358. The highest BCUT2D eigenvalue weighted by atomic mass is 32.1. The highest BCUT2D eigenvalue weighted by Gasteiger charge is 2.22. The molecule has 6 heteroatoms. The first-order chi connectivity index (χ1) is 9.74. The van der Waals surface area contributed by atoms with Crippen molar-refractivity contribution in [2.24, 2.45) is 0 Å². The molecule has 1 amide bonds. The van der Waals surface area contributed by atoms with Crippen LogP contribution in [0.15, 0.2) is 24.3 Å². The van der Waals surface area contributed by atoms with Crippen LogP contribution in [0.4, 0.5) is 5.69 Å². The highest BCUT2D eigenvalue weighted by molar-refractivity contribution is 7.21. The van der Waals surface area contributed by atoms with Crippen molar-refractivity contribution in [2.75, 3.05) is 18.4 Å². The van der Waals surface area contributed by atoms with Gasteiger partial charge in [-0.2, -0.15) is 0 Å². The Kier molecular flexibility index (Phi) is 2.34. The van der Waals surface area contributed by atoms with Gasteiger partial charge in [-0.1, -0.05) is 0 Å². The van der Waals surface area contributed by atoms with E-state index in [0.717, 1.165) is 26.7 Å². The van der Waals surface area contributed by atoms with E-state index >= 15 is 0 Å². The van der Waals surface area contributed by atoms with E-state index in [4.69, 9.17) is 0 Å². The number of carbonyl (C=O) groups is 1. The summed E-state index contributed by atoms with van der Waals surface area (Å²) in [5.74, 6) is -0.0324. The third kappa shape index (κ3) is 1.55. The van der Waals surface area contributed by atoms with Crippen molar-refractivity contribution in [1.82, 2.24) is 10.3 Å². The van der Waals surface area contributed by atoms with Crippen molar-refractivity contribution in [3.8, 4) is 5.88 Å². The molecule has 3 N–H and O–H groups in total. The van der Waals surface area contributed by atoms with Crippen molar-refractivity contribution in [3.05, 3.63) is 29.1 Å². The van der Waals surface area contributed by atoms with E-state index in [2.05, 4.69) is 15.6 Å². The fourth-order valence-electron chi connectivity index (χ4n) is 2.56. The summed E-state index contributed by atoms with van der Waals surface area (Å²) in [5.41, 5.74) is 1.60. The van der Waals surface area contributed by atoms with Crippen LogP contribution in [0, 0.1) is 0 Å². The minimum atomic E-state index is -0.0360. The van der Waals surface area contributed by atoms with E-state index in [0.29, 0.717) is 18.0 Å². The van der Waals surface area contributed by atoms with E-state index in [1.807, 2.05) is 18.2 Å². The molecule has 5 nitrogen and oxygen atoms in total. The zero-order chi connectivity index (χ0) is 13.7. The Hall–Kier alpha value is -2.34. The molecule has 0 unspecified atom stereocenters. The molecule has 100 valence electrons. The maximum Gasteiger partial charge on any atom is 0.263 e. The fourth-order valence-corrected chi connectivity index (χ4v) is 3.67. The monoisotopic (exact) mass is 285 g/mol. The number of aromatic nitrogens is 1. The topological polar surface area (TPSA) is 74.2 Å². The van der Waals surface area contributed by atoms with Gasteiger partial charge in [0, 0.05) is 34.6 Å². The van der Waals surface area contributed by atoms with E-state index < -0.39 is 0 Å². The van der Waals surface area contributed by atoms with Crippen LogP contribution in [-0.4, -0.2) is 29.1 Å². The first-order valence-electron chi connectivity index (χ1n) is 6.31. The van der Waals surface area contributed by atoms with Gasteiger partial charge < -0.3 is 15.7 Å². The van der Waals surface area contributed by atoms with Crippen LogP contribution in [0.5, 0.6) is 5.88 Å². The number of anilines is 1. The Morgan fingerprint density at radius 3 is 2.90 bits per heavy atom. The number of benzene rings is 1. The number of aromatic hydroxyl groups is 1. The van der Waals surface area contributed by atoms with Crippen LogP contribution in [-0.2, 0) is 0 Å². The third-order valence-electron chi connectivity index (χ3n) is 3.43. The molecule has 0 saturated heterocycles. The zero-order valence-electron chi connectivity index (χ0n) is 10.4. The molecule has 0 saturated carbocycles. The van der Waals surface area contributed by atoms with Gasteiger partial charge in [-0.3, -0.25) is 4.79 Å². The van der Waals surface area contributed by atoms with Gasteiger partial charge in [-0.25, -0.2) is 4.98 Å². The molecule has 20 heavy (non-hydrogen) atoms. The number of thiophene rings is 1. The maximum absolute atomic E-state index is 12.1. The van der Waals surface area contributed by atoms with Crippen molar-refractivity contribution in [2.45, 2.75) is 0 Å². The fraction of sp³-hybridized carbons (Fsp3) is 0.143. The molecular weight excluding hydrogens is 274 g/mol. The summed E-state index contributed by atoms with van der Waals surface area (Å²) in [4.78, 5) is 16.9. The van der Waals surface area contributed by atoms with E-state index in [1.54, 1.807) is 6.07 Å². The quantitative estimate of drug-likeness (QED) is 0.592. The molecule has 0 fully saturated rings. The SMILES string of the molecule is O=C1NCCNc2c1sc1ccc3nc(O)ccc3c21. The number of nitrogens with one attached hydrogen (secondary N) is 2. The number of pyridine rings is 1. The second-order valence-corrected chi connectivity index (χ2v) is 5.72. The molecule has 1 aliphatic rings. The van der Waals surface area contributed by atoms with Crippen molar-refractivity contribution in [1.29, 1.82) is 0 Å². The molecule has 0 atom stereocenters. The van der Waals surface area contributed by atoms with Crippen molar-refractivity contribution < 1.29 is 9.90 Å². The lowest BCUT2D eigenvalue weighted by Crippen LogP contribution is -2.24. The Morgan fingerprint density at radius 2 is 2.00 bits per heavy atom. The second kappa shape index (κ2) is 4.08. The molecule has 4 rings (SSSR count). The summed E-state index contributed by atoms with van der Waals surface area (Å²) < 4.78 is 1.04. The molecule has 0 spiro atoms. The number of carbonyl (C=O) groups excluding carboxylic acids is 1. The Balaban J connectivity index is 2.13. The number of nitrogens with zero attached hydrogens (tertiary/aromatic N) is 1. The van der Waals surface area contributed by atoms with Gasteiger partial charge in [0.2, 0.25) is 5.88 Å². The lowest BCUT2D eigenvalue weighted by Gasteiger charge is -2.05. The molecule has 1 aliphatic heterocycles. The molecule has 2 aromatic heterocycles. The summed E-state index contributed by atoms with van der Waals surface area (Å²) in [6.07, 6.45) is 0. The first kappa shape index (κ1) is 11.5. The second-order valence-electron chi connectivity index (χ2n) is 4.66. The number of rotatable bonds is 0. The van der Waals surface area contributed by atoms with Gasteiger partial charge >= 0.3 is 0 Å². The average molecular weight is 285 g/mol. The molecule has 3 aromatic rings. The van der Waals surface area contributed by atoms with Crippen LogP contribution in [0.3, 0.4) is 0 Å². The number of hydrogen-bond acceptors (Lipinski definition) is 5. The summed E-state index contributed by atoms with van der Waals surface area (Å²) in [5, 5.41) is 17.6. The van der Waals surface area contributed by atoms with Crippen LogP contribution in [0.1, 0.15) is 9.67 Å². The largest absolute Gasteiger partial charge is 0.493 e. The number of amides is 1. The average Bonchev–Trinajstić information content (AvgIpc) is 2.73. The number of hydrogen-bond donors (Lipinski definition) is 3. The van der Waals surface area contributed by atoms with Crippen LogP contribution >= 0.6 is 11.3 Å². The van der Waals surface area contributed by atoms with Crippen molar-refractivity contribution >= 4 is 43.9 Å². The highest BCUT2D eigenvalue weighted by Crippen LogP contribution is 2.40. The van der Waals surface area contributed by atoms with E-state index in [1.165, 1.54) is 11.3 Å². The van der Waals surface area contributed by atoms with Gasteiger partial charge in [-0.15, -0.1) is 11.3 Å².